The summed E-state index contributed by atoms with van der Waals surface area (Å²) >= 11 is 0. The molecule has 4 rings (SSSR count). The Hall–Kier alpha value is -1.68. The van der Waals surface area contributed by atoms with Crippen molar-refractivity contribution in [3.05, 3.63) is 59.7 Å². The third-order valence-electron chi connectivity index (χ3n) is 7.33. The number of ether oxygens (including phenoxy) is 3. The SMILES string of the molecule is CCC1(COCc2ccc(-c3ccc(COCC4(CC)COC4)cc3)cc2)CCC1. The third-order valence-corrected chi connectivity index (χ3v) is 7.33. The fourth-order valence-corrected chi connectivity index (χ4v) is 4.41. The zero-order chi connectivity index (χ0) is 20.9. The van der Waals surface area contributed by atoms with E-state index >= 15 is 0 Å². The quantitative estimate of drug-likeness (QED) is 0.431. The first-order chi connectivity index (χ1) is 14.7. The number of rotatable bonds is 11. The van der Waals surface area contributed by atoms with Gasteiger partial charge in [-0.1, -0.05) is 68.8 Å². The predicted molar refractivity (Wildman–Crippen MR) is 121 cm³/mol. The molecule has 3 heteroatoms. The van der Waals surface area contributed by atoms with E-state index in [2.05, 4.69) is 62.4 Å². The molecule has 1 saturated carbocycles. The molecule has 2 aromatic rings. The Labute approximate surface area is 181 Å². The molecule has 0 N–H and O–H groups in total. The molecule has 2 aliphatic rings. The van der Waals surface area contributed by atoms with E-state index in [1.807, 2.05) is 0 Å². The summed E-state index contributed by atoms with van der Waals surface area (Å²) in [7, 11) is 0. The van der Waals surface area contributed by atoms with Crippen LogP contribution in [-0.2, 0) is 27.4 Å². The van der Waals surface area contributed by atoms with Crippen molar-refractivity contribution in [1.29, 1.82) is 0 Å². The van der Waals surface area contributed by atoms with E-state index in [-0.39, 0.29) is 5.41 Å². The van der Waals surface area contributed by atoms with Gasteiger partial charge in [-0.25, -0.2) is 0 Å². The van der Waals surface area contributed by atoms with Crippen LogP contribution in [0, 0.1) is 10.8 Å². The van der Waals surface area contributed by atoms with Gasteiger partial charge in [0, 0.05) is 5.41 Å². The average Bonchev–Trinajstić information content (AvgIpc) is 2.73. The smallest absolute Gasteiger partial charge is 0.0717 e. The Morgan fingerprint density at radius 2 is 1.17 bits per heavy atom. The standard InChI is InChI=1S/C27H36O3/c1-3-26(14-5-15-26)18-28-16-22-6-10-24(11-7-22)25-12-8-23(9-13-25)17-29-19-27(4-2)20-30-21-27/h6-13H,3-5,14-21H2,1-2H3. The fraction of sp³-hybridized carbons (Fsp3) is 0.556. The normalized spacial score (nSPS) is 19.1. The summed E-state index contributed by atoms with van der Waals surface area (Å²) in [6.45, 7) is 9.25. The Morgan fingerprint density at radius 3 is 1.50 bits per heavy atom. The number of benzene rings is 2. The van der Waals surface area contributed by atoms with Crippen LogP contribution in [0.3, 0.4) is 0 Å². The van der Waals surface area contributed by atoms with Crippen LogP contribution in [-0.4, -0.2) is 26.4 Å². The Kier molecular flexibility index (Phi) is 6.92. The molecule has 2 aromatic carbocycles. The first-order valence-corrected chi connectivity index (χ1v) is 11.6. The largest absolute Gasteiger partial charge is 0.380 e. The lowest BCUT2D eigenvalue weighted by Gasteiger charge is -2.40. The van der Waals surface area contributed by atoms with Crippen molar-refractivity contribution in [3.8, 4) is 11.1 Å². The van der Waals surface area contributed by atoms with Crippen molar-refractivity contribution >= 4 is 0 Å². The minimum atomic E-state index is 0.250. The van der Waals surface area contributed by atoms with Crippen LogP contribution in [0.4, 0.5) is 0 Å². The highest BCUT2D eigenvalue weighted by Gasteiger charge is 2.37. The van der Waals surface area contributed by atoms with Gasteiger partial charge in [0.15, 0.2) is 0 Å². The minimum absolute atomic E-state index is 0.250. The van der Waals surface area contributed by atoms with Gasteiger partial charge >= 0.3 is 0 Å². The van der Waals surface area contributed by atoms with Gasteiger partial charge in [0.25, 0.3) is 0 Å². The van der Waals surface area contributed by atoms with E-state index in [1.54, 1.807) is 0 Å². The highest BCUT2D eigenvalue weighted by atomic mass is 16.5. The second-order valence-corrected chi connectivity index (χ2v) is 9.43. The van der Waals surface area contributed by atoms with Gasteiger partial charge in [0.2, 0.25) is 0 Å². The van der Waals surface area contributed by atoms with Crippen molar-refractivity contribution < 1.29 is 14.2 Å². The van der Waals surface area contributed by atoms with Crippen LogP contribution in [0.2, 0.25) is 0 Å². The Morgan fingerprint density at radius 1 is 0.700 bits per heavy atom. The van der Waals surface area contributed by atoms with E-state index in [9.17, 15) is 0 Å². The molecule has 1 aliphatic heterocycles. The molecule has 1 heterocycles. The van der Waals surface area contributed by atoms with Crippen LogP contribution >= 0.6 is 0 Å². The van der Waals surface area contributed by atoms with Crippen molar-refractivity contribution in [3.63, 3.8) is 0 Å². The lowest BCUT2D eigenvalue weighted by Crippen LogP contribution is -2.45. The van der Waals surface area contributed by atoms with Crippen LogP contribution in [0.1, 0.15) is 57.1 Å². The Balaban J connectivity index is 1.24. The molecule has 2 fully saturated rings. The molecular formula is C27H36O3. The highest BCUT2D eigenvalue weighted by Crippen LogP contribution is 2.44. The number of hydrogen-bond acceptors (Lipinski definition) is 3. The molecule has 0 radical (unpaired) electrons. The molecule has 3 nitrogen and oxygen atoms in total. The van der Waals surface area contributed by atoms with Crippen LogP contribution < -0.4 is 0 Å². The van der Waals surface area contributed by atoms with E-state index < -0.39 is 0 Å². The molecule has 162 valence electrons. The maximum atomic E-state index is 6.04. The first kappa shape index (κ1) is 21.5. The van der Waals surface area contributed by atoms with Gasteiger partial charge in [0.05, 0.1) is 39.6 Å². The molecule has 30 heavy (non-hydrogen) atoms. The summed E-state index contributed by atoms with van der Waals surface area (Å²) in [5, 5.41) is 0. The van der Waals surface area contributed by atoms with Crippen molar-refractivity contribution in [2.45, 2.75) is 59.2 Å². The second-order valence-electron chi connectivity index (χ2n) is 9.43. The molecule has 1 saturated heterocycles. The second kappa shape index (κ2) is 9.64. The first-order valence-electron chi connectivity index (χ1n) is 11.6. The molecule has 0 atom stereocenters. The monoisotopic (exact) mass is 408 g/mol. The summed E-state index contributed by atoms with van der Waals surface area (Å²) in [4.78, 5) is 0. The summed E-state index contributed by atoms with van der Waals surface area (Å²) in [6.07, 6.45) is 6.38. The van der Waals surface area contributed by atoms with Crippen molar-refractivity contribution in [2.24, 2.45) is 10.8 Å². The predicted octanol–water partition coefficient (Wildman–Crippen LogP) is 6.39. The van der Waals surface area contributed by atoms with E-state index in [0.717, 1.165) is 32.8 Å². The van der Waals surface area contributed by atoms with Gasteiger partial charge < -0.3 is 14.2 Å². The summed E-state index contributed by atoms with van der Waals surface area (Å²) < 4.78 is 17.4. The molecule has 0 spiro atoms. The molecule has 0 amide bonds. The van der Waals surface area contributed by atoms with Crippen molar-refractivity contribution in [2.75, 3.05) is 26.4 Å². The fourth-order valence-electron chi connectivity index (χ4n) is 4.41. The van der Waals surface area contributed by atoms with Gasteiger partial charge in [-0.15, -0.1) is 0 Å². The Bertz CT molecular complexity index is 705. The van der Waals surface area contributed by atoms with Gasteiger partial charge in [-0.2, -0.15) is 0 Å². The van der Waals surface area contributed by atoms with Crippen LogP contribution in [0.15, 0.2) is 48.5 Å². The lowest BCUT2D eigenvalue weighted by atomic mass is 9.68. The molecule has 0 bridgehead atoms. The molecule has 1 aliphatic carbocycles. The molecule has 0 unspecified atom stereocenters. The van der Waals surface area contributed by atoms with Crippen LogP contribution in [0.5, 0.6) is 0 Å². The van der Waals surface area contributed by atoms with E-state index in [4.69, 9.17) is 14.2 Å². The maximum absolute atomic E-state index is 6.04. The van der Waals surface area contributed by atoms with Gasteiger partial charge in [-0.05, 0) is 53.4 Å². The van der Waals surface area contributed by atoms with E-state index in [0.29, 0.717) is 18.6 Å². The van der Waals surface area contributed by atoms with Gasteiger partial charge in [0.1, 0.15) is 0 Å². The third kappa shape index (κ3) is 4.96. The van der Waals surface area contributed by atoms with Crippen molar-refractivity contribution in [1.82, 2.24) is 0 Å². The molecular weight excluding hydrogens is 372 g/mol. The topological polar surface area (TPSA) is 27.7 Å². The zero-order valence-corrected chi connectivity index (χ0v) is 18.6. The summed E-state index contributed by atoms with van der Waals surface area (Å²) in [5.74, 6) is 0. The number of hydrogen-bond donors (Lipinski definition) is 0. The average molecular weight is 409 g/mol. The lowest BCUT2D eigenvalue weighted by molar-refractivity contribution is -0.152. The van der Waals surface area contributed by atoms with Crippen LogP contribution in [0.25, 0.3) is 11.1 Å². The summed E-state index contributed by atoms with van der Waals surface area (Å²) in [6, 6.07) is 17.5. The maximum Gasteiger partial charge on any atom is 0.0717 e. The zero-order valence-electron chi connectivity index (χ0n) is 18.6. The molecule has 0 aromatic heterocycles. The highest BCUT2D eigenvalue weighted by molar-refractivity contribution is 5.63. The summed E-state index contributed by atoms with van der Waals surface area (Å²) in [5.41, 5.74) is 5.67. The minimum Gasteiger partial charge on any atom is -0.380 e. The van der Waals surface area contributed by atoms with Gasteiger partial charge in [-0.3, -0.25) is 0 Å². The van der Waals surface area contributed by atoms with E-state index in [1.165, 1.54) is 47.9 Å².